The number of rotatable bonds is 10. The van der Waals surface area contributed by atoms with Crippen LogP contribution in [0.3, 0.4) is 0 Å². The molecule has 8 heteroatoms. The van der Waals surface area contributed by atoms with Gasteiger partial charge in [0.15, 0.2) is 0 Å². The molecule has 2 aromatic rings. The normalized spacial score (nSPS) is 21.2. The molecule has 0 saturated carbocycles. The Bertz CT molecular complexity index is 1100. The standard InChI is InChI=1S/C30H45ClN4O3/c1-23-17-27(7-8-28(23)31)38-22-30(19-29(36)34-13-11-32(4)12-14-34)9-6-10-33(21-30)20-26-18-24(2)35(25(26)3)15-16-37-5/h7-8,17-18H,6,9-16,19-22H2,1-5H3/t30-/m0/s1. The Balaban J connectivity index is 1.51. The molecule has 0 N–H and O–H groups in total. The van der Waals surface area contributed by atoms with Gasteiger partial charge in [0.05, 0.1) is 13.2 Å². The number of hydrogen-bond donors (Lipinski definition) is 0. The van der Waals surface area contributed by atoms with Crippen molar-refractivity contribution in [3.63, 3.8) is 0 Å². The molecule has 0 unspecified atom stereocenters. The molecule has 2 aliphatic rings. The third-order valence-corrected chi connectivity index (χ3v) is 8.81. The summed E-state index contributed by atoms with van der Waals surface area (Å²) in [5.74, 6) is 1.07. The molecule has 0 aliphatic carbocycles. The molecule has 1 amide bonds. The van der Waals surface area contributed by atoms with Gasteiger partial charge in [-0.3, -0.25) is 9.69 Å². The van der Waals surface area contributed by atoms with E-state index in [-0.39, 0.29) is 11.3 Å². The number of carbonyl (C=O) groups excluding carboxylic acids is 1. The number of halogens is 1. The number of piperazine rings is 1. The van der Waals surface area contributed by atoms with E-state index in [1.165, 1.54) is 17.0 Å². The molecule has 0 radical (unpaired) electrons. The Morgan fingerprint density at radius 1 is 1.08 bits per heavy atom. The fourth-order valence-electron chi connectivity index (χ4n) is 5.99. The van der Waals surface area contributed by atoms with Crippen molar-refractivity contribution in [3.8, 4) is 5.75 Å². The molecule has 2 saturated heterocycles. The predicted octanol–water partition coefficient (Wildman–Crippen LogP) is 4.54. The van der Waals surface area contributed by atoms with Crippen molar-refractivity contribution >= 4 is 17.5 Å². The lowest BCUT2D eigenvalue weighted by molar-refractivity contribution is -0.137. The van der Waals surface area contributed by atoms with Crippen molar-refractivity contribution in [2.75, 3.05) is 66.6 Å². The van der Waals surface area contributed by atoms with E-state index in [4.69, 9.17) is 21.1 Å². The number of ether oxygens (including phenoxy) is 2. The number of methoxy groups -OCH3 is 1. The highest BCUT2D eigenvalue weighted by Crippen LogP contribution is 2.36. The van der Waals surface area contributed by atoms with Gasteiger partial charge in [0, 0.05) is 81.2 Å². The maximum Gasteiger partial charge on any atom is 0.223 e. The van der Waals surface area contributed by atoms with Gasteiger partial charge in [0.25, 0.3) is 0 Å². The molecule has 4 rings (SSSR count). The van der Waals surface area contributed by atoms with Gasteiger partial charge in [0.2, 0.25) is 5.91 Å². The minimum absolute atomic E-state index is 0.228. The first-order valence-electron chi connectivity index (χ1n) is 13.9. The van der Waals surface area contributed by atoms with E-state index in [0.29, 0.717) is 19.6 Å². The highest BCUT2D eigenvalue weighted by atomic mass is 35.5. The van der Waals surface area contributed by atoms with Gasteiger partial charge < -0.3 is 23.8 Å². The quantitative estimate of drug-likeness (QED) is 0.439. The van der Waals surface area contributed by atoms with Crippen LogP contribution in [0.1, 0.15) is 41.8 Å². The molecule has 38 heavy (non-hydrogen) atoms. The van der Waals surface area contributed by atoms with Crippen molar-refractivity contribution in [3.05, 3.63) is 51.8 Å². The number of aromatic nitrogens is 1. The minimum Gasteiger partial charge on any atom is -0.493 e. The fraction of sp³-hybridized carbons (Fsp3) is 0.633. The van der Waals surface area contributed by atoms with Gasteiger partial charge in [-0.2, -0.15) is 0 Å². The van der Waals surface area contributed by atoms with Gasteiger partial charge >= 0.3 is 0 Å². The van der Waals surface area contributed by atoms with E-state index in [1.54, 1.807) is 7.11 Å². The van der Waals surface area contributed by atoms with E-state index in [0.717, 1.165) is 81.5 Å². The molecule has 1 aromatic carbocycles. The first kappa shape index (κ1) is 28.9. The van der Waals surface area contributed by atoms with Gasteiger partial charge in [-0.05, 0) is 82.6 Å². The van der Waals surface area contributed by atoms with E-state index >= 15 is 0 Å². The molecule has 7 nitrogen and oxygen atoms in total. The number of likely N-dealkylation sites (tertiary alicyclic amines) is 1. The molecule has 1 atom stereocenters. The third kappa shape index (κ3) is 7.12. The van der Waals surface area contributed by atoms with Crippen LogP contribution in [-0.4, -0.2) is 91.8 Å². The molecule has 2 aliphatic heterocycles. The van der Waals surface area contributed by atoms with Crippen LogP contribution in [0.15, 0.2) is 24.3 Å². The van der Waals surface area contributed by atoms with Crippen LogP contribution in [0.25, 0.3) is 0 Å². The van der Waals surface area contributed by atoms with Gasteiger partial charge in [-0.15, -0.1) is 0 Å². The van der Waals surface area contributed by atoms with Crippen LogP contribution in [0.5, 0.6) is 5.75 Å². The van der Waals surface area contributed by atoms with E-state index < -0.39 is 0 Å². The van der Waals surface area contributed by atoms with Crippen LogP contribution in [0.4, 0.5) is 0 Å². The number of amides is 1. The average Bonchev–Trinajstić information content (AvgIpc) is 3.15. The summed E-state index contributed by atoms with van der Waals surface area (Å²) < 4.78 is 14.1. The van der Waals surface area contributed by atoms with Crippen molar-refractivity contribution in [1.29, 1.82) is 0 Å². The lowest BCUT2D eigenvalue weighted by atomic mass is 9.77. The van der Waals surface area contributed by atoms with E-state index in [9.17, 15) is 4.79 Å². The first-order valence-corrected chi connectivity index (χ1v) is 14.3. The molecule has 3 heterocycles. The summed E-state index contributed by atoms with van der Waals surface area (Å²) in [7, 11) is 3.87. The fourth-order valence-corrected chi connectivity index (χ4v) is 6.11. The zero-order valence-corrected chi connectivity index (χ0v) is 24.6. The summed E-state index contributed by atoms with van der Waals surface area (Å²) in [5, 5.41) is 0.740. The number of likely N-dealkylation sites (N-methyl/N-ethyl adjacent to an activating group) is 1. The second-order valence-electron chi connectivity index (χ2n) is 11.4. The molecular formula is C30H45ClN4O3. The Morgan fingerprint density at radius 2 is 1.84 bits per heavy atom. The molecular weight excluding hydrogens is 500 g/mol. The maximum atomic E-state index is 13.6. The van der Waals surface area contributed by atoms with Crippen LogP contribution < -0.4 is 4.74 Å². The number of nitrogens with zero attached hydrogens (tertiary/aromatic N) is 4. The zero-order valence-electron chi connectivity index (χ0n) is 23.9. The Morgan fingerprint density at radius 3 is 2.55 bits per heavy atom. The SMILES string of the molecule is COCCn1c(C)cc(CN2CCC[C@](COc3ccc(Cl)c(C)c3)(CC(=O)N3CCN(C)CC3)C2)c1C. The topological polar surface area (TPSA) is 50.2 Å². The lowest BCUT2D eigenvalue weighted by Crippen LogP contribution is -2.52. The van der Waals surface area contributed by atoms with Crippen LogP contribution in [-0.2, 0) is 22.6 Å². The van der Waals surface area contributed by atoms with Crippen LogP contribution >= 0.6 is 11.6 Å². The van der Waals surface area contributed by atoms with Crippen molar-refractivity contribution in [1.82, 2.24) is 19.3 Å². The smallest absolute Gasteiger partial charge is 0.223 e. The Hall–Kier alpha value is -2.06. The maximum absolute atomic E-state index is 13.6. The largest absolute Gasteiger partial charge is 0.493 e. The van der Waals surface area contributed by atoms with Crippen LogP contribution in [0.2, 0.25) is 5.02 Å². The van der Waals surface area contributed by atoms with Crippen LogP contribution in [0, 0.1) is 26.2 Å². The van der Waals surface area contributed by atoms with Crippen molar-refractivity contribution < 1.29 is 14.3 Å². The van der Waals surface area contributed by atoms with Gasteiger partial charge in [-0.1, -0.05) is 11.6 Å². The zero-order chi connectivity index (χ0) is 27.3. The third-order valence-electron chi connectivity index (χ3n) is 8.39. The Kier molecular flexibility index (Phi) is 9.79. The van der Waals surface area contributed by atoms with Crippen molar-refractivity contribution in [2.45, 2.75) is 53.1 Å². The van der Waals surface area contributed by atoms with E-state index in [2.05, 4.69) is 46.2 Å². The summed E-state index contributed by atoms with van der Waals surface area (Å²) in [6, 6.07) is 8.12. The Labute approximate surface area is 233 Å². The number of benzene rings is 1. The minimum atomic E-state index is -0.228. The van der Waals surface area contributed by atoms with Gasteiger partial charge in [-0.25, -0.2) is 0 Å². The second-order valence-corrected chi connectivity index (χ2v) is 11.8. The van der Waals surface area contributed by atoms with E-state index in [1.807, 2.05) is 25.1 Å². The van der Waals surface area contributed by atoms with Crippen molar-refractivity contribution in [2.24, 2.45) is 5.41 Å². The summed E-state index contributed by atoms with van der Waals surface area (Å²) in [6.45, 7) is 14.7. The second kappa shape index (κ2) is 12.9. The average molecular weight is 545 g/mol. The summed E-state index contributed by atoms with van der Waals surface area (Å²) in [4.78, 5) is 20.4. The number of piperidine rings is 1. The molecule has 2 fully saturated rings. The highest BCUT2D eigenvalue weighted by molar-refractivity contribution is 6.31. The molecule has 0 spiro atoms. The number of hydrogen-bond acceptors (Lipinski definition) is 5. The predicted molar refractivity (Wildman–Crippen MR) is 153 cm³/mol. The molecule has 210 valence electrons. The molecule has 1 aromatic heterocycles. The number of aryl methyl sites for hydroxylation is 2. The monoisotopic (exact) mass is 544 g/mol. The lowest BCUT2D eigenvalue weighted by Gasteiger charge is -2.43. The summed E-state index contributed by atoms with van der Waals surface area (Å²) in [6.07, 6.45) is 2.57. The highest BCUT2D eigenvalue weighted by Gasteiger charge is 2.40. The summed E-state index contributed by atoms with van der Waals surface area (Å²) >= 11 is 6.25. The van der Waals surface area contributed by atoms with Gasteiger partial charge in [0.1, 0.15) is 5.75 Å². The molecule has 0 bridgehead atoms. The number of carbonyl (C=O) groups is 1. The first-order chi connectivity index (χ1) is 18.2. The summed E-state index contributed by atoms with van der Waals surface area (Å²) in [5.41, 5.74) is 4.70.